The molecule has 0 radical (unpaired) electrons. The van der Waals surface area contributed by atoms with E-state index < -0.39 is 41.9 Å². The molecule has 10 aromatic rings. The highest BCUT2D eigenvalue weighted by atomic mass is 16.6. The second kappa shape index (κ2) is 31.5. The Hall–Kier alpha value is -12.0. The Morgan fingerprint density at radius 3 is 1.25 bits per heavy atom. The Morgan fingerprint density at radius 2 is 0.849 bits per heavy atom. The largest absolute Gasteiger partial charge is 0.453 e. The lowest BCUT2D eigenvalue weighted by Gasteiger charge is -2.28. The van der Waals surface area contributed by atoms with Crippen molar-refractivity contribution in [3.8, 4) is 46.2 Å². The van der Waals surface area contributed by atoms with E-state index in [1.807, 2.05) is 181 Å². The first kappa shape index (κ1) is 72.3. The predicted octanol–water partition coefficient (Wildman–Crippen LogP) is 13.1. The number of amides is 6. The second-order valence-electron chi connectivity index (χ2n) is 28.8. The predicted molar refractivity (Wildman–Crippen MR) is 399 cm³/mol. The molecule has 14 rings (SSSR count). The Morgan fingerprint density at radius 1 is 0.481 bits per heavy atom. The molecular weight excluding hydrogens is 1340 g/mol. The van der Waals surface area contributed by atoms with Crippen LogP contribution in [0.15, 0.2) is 158 Å². The minimum atomic E-state index is -0.925. The van der Waals surface area contributed by atoms with E-state index in [0.717, 1.165) is 130 Å². The average Bonchev–Trinajstić information content (AvgIpc) is 1.64. The van der Waals surface area contributed by atoms with Crippen LogP contribution in [0.2, 0.25) is 0 Å². The van der Waals surface area contributed by atoms with Gasteiger partial charge in [-0.2, -0.15) is 0 Å². The molecule has 0 saturated carbocycles. The van der Waals surface area contributed by atoms with E-state index in [1.165, 1.54) is 7.11 Å². The monoisotopic (exact) mass is 1430 g/mol. The fourth-order valence-corrected chi connectivity index (χ4v) is 14.0. The van der Waals surface area contributed by atoms with Gasteiger partial charge in [-0.25, -0.2) is 34.3 Å². The number of imidazole rings is 4. The Labute approximate surface area is 614 Å². The van der Waals surface area contributed by atoms with E-state index in [0.29, 0.717) is 49.0 Å². The van der Waals surface area contributed by atoms with Gasteiger partial charge in [-0.05, 0) is 176 Å². The first-order valence-corrected chi connectivity index (χ1v) is 35.9. The summed E-state index contributed by atoms with van der Waals surface area (Å²) in [5, 5.41) is 14.8. The zero-order valence-electron chi connectivity index (χ0n) is 60.4. The summed E-state index contributed by atoms with van der Waals surface area (Å²) in [6, 6.07) is 43.0. The summed E-state index contributed by atoms with van der Waals surface area (Å²) in [6.45, 7) is 12.9. The van der Waals surface area contributed by atoms with Crippen molar-refractivity contribution >= 4 is 58.1 Å². The maximum Gasteiger partial charge on any atom is 0.410 e. The van der Waals surface area contributed by atoms with E-state index >= 15 is 0 Å². The van der Waals surface area contributed by atoms with Gasteiger partial charge in [-0.3, -0.25) is 24.2 Å². The lowest BCUT2D eigenvalue weighted by molar-refractivity contribution is -0.138. The minimum absolute atomic E-state index is 0.126. The van der Waals surface area contributed by atoms with Crippen LogP contribution in [0, 0.1) is 23.7 Å². The molecule has 0 bridgehead atoms. The number of aromatic nitrogens is 8. The molecule has 24 nitrogen and oxygen atoms in total. The Kier molecular flexibility index (Phi) is 21.5. The highest BCUT2D eigenvalue weighted by Gasteiger charge is 2.41. The van der Waals surface area contributed by atoms with Crippen molar-refractivity contribution in [3.05, 3.63) is 215 Å². The molecule has 0 unspecified atom stereocenters. The number of likely N-dealkylation sites (tertiary alicyclic amines) is 4. The van der Waals surface area contributed by atoms with Gasteiger partial charge in [0.05, 0.1) is 77.1 Å². The number of hydrogen-bond donors (Lipinski definition) is 7. The summed E-state index contributed by atoms with van der Waals surface area (Å²) in [5.74, 6) is 14.8. The van der Waals surface area contributed by atoms with Crippen molar-refractivity contribution in [3.63, 3.8) is 0 Å². The summed E-state index contributed by atoms with van der Waals surface area (Å²) >= 11 is 0. The van der Waals surface area contributed by atoms with Gasteiger partial charge in [0, 0.05) is 48.4 Å². The third-order valence-electron chi connectivity index (χ3n) is 19.0. The normalized spacial score (nSPS) is 17.7. The fourth-order valence-electron chi connectivity index (χ4n) is 14.0. The van der Waals surface area contributed by atoms with Crippen LogP contribution in [0.5, 0.6) is 0 Å². The van der Waals surface area contributed by atoms with Crippen molar-refractivity contribution in [2.24, 2.45) is 0 Å². The molecule has 0 spiro atoms. The van der Waals surface area contributed by atoms with Gasteiger partial charge in [0.1, 0.15) is 53.2 Å². The number of alkyl carbamates (subject to hydrolysis) is 1. The molecule has 8 heterocycles. The number of carbonyl (C=O) groups is 6. The first-order chi connectivity index (χ1) is 51.1. The molecule has 6 aromatic carbocycles. The SMILES string of the molecule is CC(C)(C)OC(=O)N1CCC[C@H]1c1ncc(-c2ccc(C#Cc3ccc4nc([C@@H]5CCCN5C(=O)OC(C)(C)C)[nH]c4c3)cc2)[nH]1.COC(=O)N[C@@H](C(=O)N1CCC[C@H]1c1nc2ccc(C#Cc3ccc(-c4cnc([C@@H]5CCCN5C(=O)[C@H](NC(=O)CO)c5ccccc5)[nH]4)cc3)cc2[nH]1)c1ccccc1. The van der Waals surface area contributed by atoms with Gasteiger partial charge in [-0.1, -0.05) is 109 Å². The number of rotatable bonds is 13. The fraction of sp³-hybridized carbons (Fsp3) is 0.341. The van der Waals surface area contributed by atoms with Gasteiger partial charge >= 0.3 is 18.3 Å². The van der Waals surface area contributed by atoms with Crippen LogP contribution < -0.4 is 10.6 Å². The second-order valence-corrected chi connectivity index (χ2v) is 28.8. The number of nitrogens with zero attached hydrogens (tertiary/aromatic N) is 8. The molecular formula is C82H86N14O10. The molecule has 544 valence electrons. The topological polar surface area (TPSA) is 302 Å². The van der Waals surface area contributed by atoms with E-state index in [4.69, 9.17) is 24.2 Å². The quantitative estimate of drug-likeness (QED) is 0.0417. The molecule has 4 aliphatic rings. The zero-order valence-corrected chi connectivity index (χ0v) is 60.4. The molecule has 4 aliphatic heterocycles. The number of aliphatic hydroxyl groups is 1. The molecule has 106 heavy (non-hydrogen) atoms. The number of methoxy groups -OCH3 is 1. The smallest absolute Gasteiger partial charge is 0.410 e. The molecule has 7 N–H and O–H groups in total. The highest BCUT2D eigenvalue weighted by Crippen LogP contribution is 2.39. The van der Waals surface area contributed by atoms with E-state index in [9.17, 15) is 33.9 Å². The Balaban J connectivity index is 0.000000194. The van der Waals surface area contributed by atoms with Gasteiger partial charge in [-0.15, -0.1) is 0 Å². The number of hydrogen-bond acceptors (Lipinski definition) is 14. The van der Waals surface area contributed by atoms with Crippen molar-refractivity contribution in [2.75, 3.05) is 39.9 Å². The lowest BCUT2D eigenvalue weighted by Crippen LogP contribution is -2.43. The summed E-state index contributed by atoms with van der Waals surface area (Å²) in [4.78, 5) is 117. The van der Waals surface area contributed by atoms with Crippen LogP contribution in [-0.2, 0) is 28.6 Å². The summed E-state index contributed by atoms with van der Waals surface area (Å²) in [7, 11) is 1.27. The molecule has 24 heteroatoms. The third kappa shape index (κ3) is 16.9. The lowest BCUT2D eigenvalue weighted by atomic mass is 10.0. The maximum atomic E-state index is 13.9. The molecule has 4 saturated heterocycles. The summed E-state index contributed by atoms with van der Waals surface area (Å²) in [6.07, 6.45) is 8.83. The number of nitrogens with one attached hydrogen (secondary N) is 6. The van der Waals surface area contributed by atoms with E-state index in [-0.39, 0.29) is 48.2 Å². The van der Waals surface area contributed by atoms with E-state index in [1.54, 1.807) is 37.9 Å². The van der Waals surface area contributed by atoms with Crippen molar-refractivity contribution in [1.29, 1.82) is 0 Å². The van der Waals surface area contributed by atoms with Crippen molar-refractivity contribution in [2.45, 2.75) is 140 Å². The van der Waals surface area contributed by atoms with Crippen LogP contribution in [0.4, 0.5) is 14.4 Å². The van der Waals surface area contributed by atoms with Gasteiger partial charge in [0.25, 0.3) is 5.91 Å². The van der Waals surface area contributed by atoms with Gasteiger partial charge in [0.15, 0.2) is 0 Å². The van der Waals surface area contributed by atoms with E-state index in [2.05, 4.69) is 64.2 Å². The zero-order chi connectivity index (χ0) is 74.2. The number of H-pyrrole nitrogens is 4. The number of carbonyl (C=O) groups excluding carboxylic acids is 6. The molecule has 6 amide bonds. The van der Waals surface area contributed by atoms with Crippen LogP contribution in [-0.4, -0.2) is 152 Å². The minimum Gasteiger partial charge on any atom is -0.453 e. The average molecular weight is 1430 g/mol. The van der Waals surface area contributed by atoms with Crippen LogP contribution in [0.1, 0.15) is 186 Å². The number of ether oxygens (including phenoxy) is 3. The van der Waals surface area contributed by atoms with Crippen molar-refractivity contribution in [1.82, 2.24) is 70.1 Å². The summed E-state index contributed by atoms with van der Waals surface area (Å²) in [5.41, 5.74) is 10.5. The number of benzene rings is 6. The van der Waals surface area contributed by atoms with Crippen LogP contribution >= 0.6 is 0 Å². The van der Waals surface area contributed by atoms with Crippen molar-refractivity contribution < 1.29 is 48.1 Å². The highest BCUT2D eigenvalue weighted by molar-refractivity contribution is 5.90. The maximum absolute atomic E-state index is 13.9. The van der Waals surface area contributed by atoms with Crippen LogP contribution in [0.3, 0.4) is 0 Å². The molecule has 6 atom stereocenters. The molecule has 4 fully saturated rings. The molecule has 0 aliphatic carbocycles. The summed E-state index contributed by atoms with van der Waals surface area (Å²) < 4.78 is 16.1. The Bertz CT molecular complexity index is 4970. The third-order valence-corrected chi connectivity index (χ3v) is 19.0. The first-order valence-electron chi connectivity index (χ1n) is 35.9. The standard InChI is InChI=1S/C46H44N8O6.C36H42N6O4/c1-60-46(59)52-41(33-12-6-3-7-13-33)45(58)54-25-9-15-38(54)43-48-34-23-20-30(26-35(34)49-43)17-16-29-18-21-31(22-19-29)36-27-47-42(50-36)37-14-8-24-53(37)44(57)40(51-39(56)28-55)32-10-4-2-5-11-32;1-35(2,3)45-33(43)41-19-7-9-29(41)31-37-22-28(40-31)25-16-13-23(14-17-25)11-12-24-15-18-26-27(21-24)39-32(38-26)30-10-8-20-42(30)34(44)46-36(4,5)6/h2-7,10-13,18-23,26-27,37-38,40-41,55H,8-9,14-15,24-25,28H2,1H3,(H,47,50)(H,48,49)(H,51,56)(H,52,59);13-18,21-22,29-30H,7-10,19-20H2,1-6H3,(H,37,40)(H,38,39)/t37-,38-,40+,41+;29-,30-/m00/s1. The number of aliphatic hydroxyl groups excluding tert-OH is 1. The number of fused-ring (bicyclic) bond motifs is 2. The molecule has 4 aromatic heterocycles. The number of aromatic amines is 4. The van der Waals surface area contributed by atoms with Crippen LogP contribution in [0.25, 0.3) is 44.6 Å². The van der Waals surface area contributed by atoms with Gasteiger partial charge in [0.2, 0.25) is 11.8 Å². The van der Waals surface area contributed by atoms with Gasteiger partial charge < -0.3 is 59.7 Å².